The van der Waals surface area contributed by atoms with Gasteiger partial charge in [-0.25, -0.2) is 9.97 Å². The molecule has 0 saturated carbocycles. The van der Waals surface area contributed by atoms with Gasteiger partial charge in [0.25, 0.3) is 6.01 Å². The zero-order valence-electron chi connectivity index (χ0n) is 16.0. The van der Waals surface area contributed by atoms with E-state index in [2.05, 4.69) is 9.97 Å². The molecule has 1 aromatic carbocycles. The highest BCUT2D eigenvalue weighted by molar-refractivity contribution is 6.30. The third kappa shape index (κ3) is 3.41. The largest absolute Gasteiger partial charge is 0.420 e. The first kappa shape index (κ1) is 19.0. The summed E-state index contributed by atoms with van der Waals surface area (Å²) in [5.41, 5.74) is 8.11. The van der Waals surface area contributed by atoms with Crippen molar-refractivity contribution < 1.29 is 9.52 Å². The summed E-state index contributed by atoms with van der Waals surface area (Å²) in [6, 6.07) is 9.90. The van der Waals surface area contributed by atoms with Crippen molar-refractivity contribution >= 4 is 28.6 Å². The number of nitrogens with two attached hydrogens (primary N) is 1. The Morgan fingerprint density at radius 3 is 2.57 bits per heavy atom. The first-order valence-electron chi connectivity index (χ1n) is 9.57. The number of rotatable bonds is 4. The van der Waals surface area contributed by atoms with Gasteiger partial charge in [0.2, 0.25) is 0 Å². The number of halogens is 1. The summed E-state index contributed by atoms with van der Waals surface area (Å²) in [4.78, 5) is 17.3. The molecule has 10 heteroatoms. The Morgan fingerprint density at radius 1 is 1.07 bits per heavy atom. The van der Waals surface area contributed by atoms with Gasteiger partial charge in [0, 0.05) is 43.1 Å². The van der Waals surface area contributed by atoms with Gasteiger partial charge in [0.15, 0.2) is 17.9 Å². The number of aromatic nitrogens is 4. The molecular weight excluding hydrogens is 406 g/mol. The molecule has 30 heavy (non-hydrogen) atoms. The van der Waals surface area contributed by atoms with Crippen LogP contribution in [0.15, 0.2) is 53.3 Å². The summed E-state index contributed by atoms with van der Waals surface area (Å²) in [7, 11) is 0. The van der Waals surface area contributed by atoms with Crippen LogP contribution in [-0.4, -0.2) is 62.1 Å². The second-order valence-electron chi connectivity index (χ2n) is 7.06. The molecule has 1 atom stereocenters. The molecule has 0 radical (unpaired) electrons. The van der Waals surface area contributed by atoms with Crippen molar-refractivity contribution in [2.75, 3.05) is 31.1 Å². The Balaban J connectivity index is 1.52. The zero-order valence-corrected chi connectivity index (χ0v) is 16.8. The predicted octanol–water partition coefficient (Wildman–Crippen LogP) is 2.09. The van der Waals surface area contributed by atoms with Crippen molar-refractivity contribution in [1.29, 1.82) is 0 Å². The summed E-state index contributed by atoms with van der Waals surface area (Å²) in [6.45, 7) is 2.58. The normalized spacial score (nSPS) is 16.3. The Labute approximate surface area is 177 Å². The standard InChI is InChI=1S/C20H20ClN7O2/c21-13-1-3-14(4-2-13)28-16-11-23-6-5-15(16)25-18(28)17-12-24-20(30-17)27-9-7-26(8-10-27)19(22)29/h1-6,11-12,19,29H,7-10,22H2. The Bertz CT molecular complexity index is 1160. The van der Waals surface area contributed by atoms with Gasteiger partial charge in [0.1, 0.15) is 0 Å². The van der Waals surface area contributed by atoms with E-state index in [0.717, 1.165) is 16.7 Å². The SMILES string of the molecule is NC(O)N1CCN(c2ncc(-c3nc4ccncc4n3-c3ccc(Cl)cc3)o2)CC1. The van der Waals surface area contributed by atoms with Crippen LogP contribution in [0.4, 0.5) is 6.01 Å². The molecule has 4 heterocycles. The van der Waals surface area contributed by atoms with E-state index in [1.165, 1.54) is 0 Å². The average molecular weight is 426 g/mol. The van der Waals surface area contributed by atoms with Crippen LogP contribution in [-0.2, 0) is 0 Å². The Hall–Kier alpha value is -2.98. The van der Waals surface area contributed by atoms with Crippen molar-refractivity contribution in [3.05, 3.63) is 53.9 Å². The van der Waals surface area contributed by atoms with E-state index in [-0.39, 0.29) is 0 Å². The highest BCUT2D eigenvalue weighted by Gasteiger charge is 2.24. The van der Waals surface area contributed by atoms with Gasteiger partial charge in [-0.15, -0.1) is 0 Å². The van der Waals surface area contributed by atoms with Crippen LogP contribution in [0.25, 0.3) is 28.3 Å². The summed E-state index contributed by atoms with van der Waals surface area (Å²) in [5, 5.41) is 10.2. The number of aliphatic hydroxyl groups is 1. The molecule has 154 valence electrons. The average Bonchev–Trinajstić information content (AvgIpc) is 3.39. The number of fused-ring (bicyclic) bond motifs is 1. The second kappa shape index (κ2) is 7.69. The summed E-state index contributed by atoms with van der Waals surface area (Å²) >= 11 is 6.07. The van der Waals surface area contributed by atoms with Crippen molar-refractivity contribution in [2.45, 2.75) is 6.35 Å². The molecule has 9 nitrogen and oxygen atoms in total. The lowest BCUT2D eigenvalue weighted by molar-refractivity contribution is 0.00518. The molecule has 1 unspecified atom stereocenters. The topological polar surface area (TPSA) is 109 Å². The van der Waals surface area contributed by atoms with E-state index < -0.39 is 6.35 Å². The number of imidazole rings is 1. The maximum absolute atomic E-state index is 9.53. The third-order valence-corrected chi connectivity index (χ3v) is 5.47. The minimum absolute atomic E-state index is 0.518. The van der Waals surface area contributed by atoms with Gasteiger partial charge < -0.3 is 14.4 Å². The molecule has 5 rings (SSSR count). The van der Waals surface area contributed by atoms with Crippen molar-refractivity contribution in [3.8, 4) is 17.3 Å². The molecule has 1 aliphatic heterocycles. The van der Waals surface area contributed by atoms with E-state index in [1.54, 1.807) is 23.5 Å². The highest BCUT2D eigenvalue weighted by Crippen LogP contribution is 2.31. The molecule has 3 aromatic heterocycles. The predicted molar refractivity (Wildman–Crippen MR) is 113 cm³/mol. The van der Waals surface area contributed by atoms with Gasteiger partial charge in [0.05, 0.1) is 23.4 Å². The molecule has 0 amide bonds. The number of aliphatic hydroxyl groups excluding tert-OH is 1. The van der Waals surface area contributed by atoms with Gasteiger partial charge in [-0.2, -0.15) is 0 Å². The first-order chi connectivity index (χ1) is 14.6. The molecule has 1 aliphatic rings. The summed E-state index contributed by atoms with van der Waals surface area (Å²) in [5.74, 6) is 1.19. The third-order valence-electron chi connectivity index (χ3n) is 5.21. The number of oxazole rings is 1. The summed E-state index contributed by atoms with van der Waals surface area (Å²) < 4.78 is 8.07. The van der Waals surface area contributed by atoms with E-state index in [4.69, 9.17) is 26.7 Å². The molecule has 1 saturated heterocycles. The lowest BCUT2D eigenvalue weighted by Crippen LogP contribution is -2.53. The maximum Gasteiger partial charge on any atom is 0.297 e. The van der Waals surface area contributed by atoms with E-state index in [9.17, 15) is 5.11 Å². The summed E-state index contributed by atoms with van der Waals surface area (Å²) in [6.07, 6.45) is 4.22. The number of piperazine rings is 1. The van der Waals surface area contributed by atoms with Crippen LogP contribution in [0, 0.1) is 0 Å². The molecule has 4 aromatic rings. The fraction of sp³-hybridized carbons (Fsp3) is 0.250. The second-order valence-corrected chi connectivity index (χ2v) is 7.49. The number of anilines is 1. The van der Waals surface area contributed by atoms with Crippen molar-refractivity contribution in [3.63, 3.8) is 0 Å². The Kier molecular flexibility index (Phi) is 4.87. The number of pyridine rings is 1. The monoisotopic (exact) mass is 425 g/mol. The number of benzene rings is 1. The van der Waals surface area contributed by atoms with Crippen molar-refractivity contribution in [2.24, 2.45) is 5.73 Å². The van der Waals surface area contributed by atoms with Crippen LogP contribution < -0.4 is 10.6 Å². The Morgan fingerprint density at radius 2 is 1.83 bits per heavy atom. The maximum atomic E-state index is 9.53. The number of nitrogens with zero attached hydrogens (tertiary/aromatic N) is 6. The molecular formula is C20H20ClN7O2. The van der Waals surface area contributed by atoms with Crippen LogP contribution in [0.2, 0.25) is 5.02 Å². The van der Waals surface area contributed by atoms with Crippen molar-refractivity contribution in [1.82, 2.24) is 24.4 Å². The minimum atomic E-state index is -0.944. The van der Waals surface area contributed by atoms with Gasteiger partial charge in [-0.1, -0.05) is 11.6 Å². The van der Waals surface area contributed by atoms with Crippen LogP contribution in [0.5, 0.6) is 0 Å². The molecule has 3 N–H and O–H groups in total. The quantitative estimate of drug-likeness (QED) is 0.478. The number of hydrogen-bond acceptors (Lipinski definition) is 8. The fourth-order valence-electron chi connectivity index (χ4n) is 3.63. The first-order valence-corrected chi connectivity index (χ1v) is 9.95. The van der Waals surface area contributed by atoms with Crippen LogP contribution in [0.1, 0.15) is 0 Å². The van der Waals surface area contributed by atoms with Gasteiger partial charge >= 0.3 is 0 Å². The fourth-order valence-corrected chi connectivity index (χ4v) is 3.76. The van der Waals surface area contributed by atoms with Gasteiger partial charge in [-0.3, -0.25) is 20.2 Å². The van der Waals surface area contributed by atoms with E-state index in [1.807, 2.05) is 39.8 Å². The molecule has 0 spiro atoms. The molecule has 0 bridgehead atoms. The highest BCUT2D eigenvalue weighted by atomic mass is 35.5. The van der Waals surface area contributed by atoms with E-state index in [0.29, 0.717) is 48.8 Å². The molecule has 0 aliphatic carbocycles. The smallest absolute Gasteiger partial charge is 0.297 e. The minimum Gasteiger partial charge on any atom is -0.420 e. The van der Waals surface area contributed by atoms with Crippen LogP contribution in [0.3, 0.4) is 0 Å². The number of hydrogen-bond donors (Lipinski definition) is 2. The van der Waals surface area contributed by atoms with E-state index >= 15 is 0 Å². The zero-order chi connectivity index (χ0) is 20.7. The lowest BCUT2D eigenvalue weighted by Gasteiger charge is -2.34. The van der Waals surface area contributed by atoms with Gasteiger partial charge in [-0.05, 0) is 30.3 Å². The lowest BCUT2D eigenvalue weighted by atomic mass is 10.3. The van der Waals surface area contributed by atoms with Crippen LogP contribution >= 0.6 is 11.6 Å². The molecule has 1 fully saturated rings.